The van der Waals surface area contributed by atoms with Gasteiger partial charge in [-0.1, -0.05) is 6.92 Å². The van der Waals surface area contributed by atoms with E-state index in [0.717, 1.165) is 5.75 Å². The summed E-state index contributed by atoms with van der Waals surface area (Å²) in [4.78, 5) is 0.195. The molecule has 0 amide bonds. The summed E-state index contributed by atoms with van der Waals surface area (Å²) in [5.41, 5.74) is 0. The molecule has 0 unspecified atom stereocenters. The van der Waals surface area contributed by atoms with E-state index in [1.54, 1.807) is 11.8 Å². The molecule has 0 aromatic heterocycles. The van der Waals surface area contributed by atoms with Gasteiger partial charge in [0.1, 0.15) is 5.82 Å². The van der Waals surface area contributed by atoms with E-state index >= 15 is 0 Å². The predicted molar refractivity (Wildman–Crippen MR) is 61.5 cm³/mol. The molecule has 0 bridgehead atoms. The van der Waals surface area contributed by atoms with Crippen LogP contribution in [0.1, 0.15) is 6.92 Å². The fraction of sp³-hybridized carbons (Fsp3) is 0.400. The first-order chi connectivity index (χ1) is 7.06. The first kappa shape index (κ1) is 12.5. The highest BCUT2D eigenvalue weighted by Crippen LogP contribution is 2.13. The van der Waals surface area contributed by atoms with Crippen LogP contribution in [-0.2, 0) is 9.84 Å². The van der Waals surface area contributed by atoms with E-state index < -0.39 is 15.7 Å². The maximum atomic E-state index is 12.6. The minimum atomic E-state index is -3.24. The Bertz CT molecular complexity index is 398. The summed E-state index contributed by atoms with van der Waals surface area (Å²) >= 11 is 1.58. The Morgan fingerprint density at radius 1 is 1.27 bits per heavy atom. The molecule has 1 aromatic carbocycles. The number of hydrogen-bond donors (Lipinski definition) is 0. The molecule has 84 valence electrons. The van der Waals surface area contributed by atoms with Gasteiger partial charge in [-0.25, -0.2) is 12.8 Å². The van der Waals surface area contributed by atoms with Crippen LogP contribution in [0, 0.1) is 5.82 Å². The van der Waals surface area contributed by atoms with Gasteiger partial charge in [-0.3, -0.25) is 0 Å². The highest BCUT2D eigenvalue weighted by Gasteiger charge is 2.13. The fourth-order valence-electron chi connectivity index (χ4n) is 1.07. The quantitative estimate of drug-likeness (QED) is 0.592. The van der Waals surface area contributed by atoms with Crippen molar-refractivity contribution in [1.29, 1.82) is 0 Å². The molecular weight excluding hydrogens is 235 g/mol. The summed E-state index contributed by atoms with van der Waals surface area (Å²) < 4.78 is 35.9. The molecule has 0 aliphatic rings. The summed E-state index contributed by atoms with van der Waals surface area (Å²) in [6, 6.07) is 4.95. The van der Waals surface area contributed by atoms with Crippen molar-refractivity contribution in [2.24, 2.45) is 0 Å². The maximum Gasteiger partial charge on any atom is 0.179 e. The van der Waals surface area contributed by atoms with E-state index in [2.05, 4.69) is 0 Å². The van der Waals surface area contributed by atoms with E-state index in [-0.39, 0.29) is 10.6 Å². The Labute approximate surface area is 93.8 Å². The topological polar surface area (TPSA) is 34.1 Å². The van der Waals surface area contributed by atoms with Crippen LogP contribution in [0.2, 0.25) is 0 Å². The van der Waals surface area contributed by atoms with E-state index in [9.17, 15) is 12.8 Å². The molecule has 0 atom stereocenters. The zero-order chi connectivity index (χ0) is 11.3. The molecule has 0 radical (unpaired) electrons. The second-order valence-electron chi connectivity index (χ2n) is 2.97. The lowest BCUT2D eigenvalue weighted by Gasteiger charge is -2.03. The molecule has 0 saturated heterocycles. The van der Waals surface area contributed by atoms with Crippen LogP contribution < -0.4 is 0 Å². The Balaban J connectivity index is 2.73. The molecule has 0 N–H and O–H groups in total. The first-order valence-electron chi connectivity index (χ1n) is 4.62. The number of hydrogen-bond acceptors (Lipinski definition) is 3. The Morgan fingerprint density at radius 2 is 1.87 bits per heavy atom. The normalized spacial score (nSPS) is 11.6. The summed E-state index contributed by atoms with van der Waals surface area (Å²) in [7, 11) is -3.24. The molecule has 0 aliphatic carbocycles. The minimum absolute atomic E-state index is 0.108. The number of rotatable bonds is 5. The largest absolute Gasteiger partial charge is 0.224 e. The van der Waals surface area contributed by atoms with Crippen molar-refractivity contribution in [3.63, 3.8) is 0 Å². The van der Waals surface area contributed by atoms with Crippen LogP contribution in [0.5, 0.6) is 0 Å². The lowest BCUT2D eigenvalue weighted by molar-refractivity contribution is 0.596. The zero-order valence-electron chi connectivity index (χ0n) is 8.44. The fourth-order valence-corrected chi connectivity index (χ4v) is 3.50. The smallest absolute Gasteiger partial charge is 0.179 e. The second-order valence-corrected chi connectivity index (χ2v) is 6.47. The Morgan fingerprint density at radius 3 is 2.40 bits per heavy atom. The van der Waals surface area contributed by atoms with Crippen LogP contribution in [0.4, 0.5) is 4.39 Å². The van der Waals surface area contributed by atoms with Crippen LogP contribution >= 0.6 is 11.8 Å². The van der Waals surface area contributed by atoms with Gasteiger partial charge in [-0.15, -0.1) is 0 Å². The molecule has 1 aromatic rings. The minimum Gasteiger partial charge on any atom is -0.224 e. The molecule has 15 heavy (non-hydrogen) atoms. The van der Waals surface area contributed by atoms with Crippen LogP contribution in [0.25, 0.3) is 0 Å². The Hall–Kier alpha value is -0.550. The van der Waals surface area contributed by atoms with Gasteiger partial charge in [-0.2, -0.15) is 11.8 Å². The van der Waals surface area contributed by atoms with Gasteiger partial charge in [0.2, 0.25) is 0 Å². The summed E-state index contributed by atoms with van der Waals surface area (Å²) in [6.07, 6.45) is 0. The van der Waals surface area contributed by atoms with Crippen LogP contribution in [0.3, 0.4) is 0 Å². The van der Waals surface area contributed by atoms with Gasteiger partial charge in [0.15, 0.2) is 9.84 Å². The van der Waals surface area contributed by atoms with Crippen molar-refractivity contribution < 1.29 is 12.8 Å². The average molecular weight is 248 g/mol. The van der Waals surface area contributed by atoms with Gasteiger partial charge in [-0.05, 0) is 30.0 Å². The molecule has 0 aliphatic heterocycles. The van der Waals surface area contributed by atoms with Gasteiger partial charge >= 0.3 is 0 Å². The molecule has 2 nitrogen and oxygen atoms in total. The summed E-state index contributed by atoms with van der Waals surface area (Å²) in [5, 5.41) is 0. The lowest BCUT2D eigenvalue weighted by Crippen LogP contribution is -2.08. The molecule has 1 rings (SSSR count). The molecule has 0 spiro atoms. The summed E-state index contributed by atoms with van der Waals surface area (Å²) in [6.45, 7) is 1.98. The van der Waals surface area contributed by atoms with Gasteiger partial charge < -0.3 is 0 Å². The summed E-state index contributed by atoms with van der Waals surface area (Å²) in [5.74, 6) is 1.17. The highest BCUT2D eigenvalue weighted by molar-refractivity contribution is 8.00. The number of sulfone groups is 1. The lowest BCUT2D eigenvalue weighted by atomic mass is 10.4. The number of benzene rings is 1. The molecular formula is C10H13FO2S2. The molecule has 5 heteroatoms. The highest BCUT2D eigenvalue weighted by atomic mass is 32.2. The van der Waals surface area contributed by atoms with Crippen molar-refractivity contribution in [3.8, 4) is 0 Å². The third-order valence-electron chi connectivity index (χ3n) is 1.87. The molecule has 0 saturated carbocycles. The first-order valence-corrected chi connectivity index (χ1v) is 7.43. The monoisotopic (exact) mass is 248 g/mol. The third kappa shape index (κ3) is 3.83. The van der Waals surface area contributed by atoms with Crippen molar-refractivity contribution in [2.75, 3.05) is 17.3 Å². The second kappa shape index (κ2) is 5.51. The molecule has 0 heterocycles. The standard InChI is InChI=1S/C10H13FO2S2/c1-2-14-7-8-15(12,13)10-5-3-9(11)4-6-10/h3-6H,2,7-8H2,1H3. The van der Waals surface area contributed by atoms with Crippen molar-refractivity contribution in [2.45, 2.75) is 11.8 Å². The predicted octanol–water partition coefficient (Wildman–Crippen LogP) is 2.35. The van der Waals surface area contributed by atoms with E-state index in [0.29, 0.717) is 5.75 Å². The van der Waals surface area contributed by atoms with Gasteiger partial charge in [0, 0.05) is 5.75 Å². The van der Waals surface area contributed by atoms with E-state index in [4.69, 9.17) is 0 Å². The van der Waals surface area contributed by atoms with Gasteiger partial charge in [0.05, 0.1) is 10.6 Å². The van der Waals surface area contributed by atoms with Crippen molar-refractivity contribution >= 4 is 21.6 Å². The number of thioether (sulfide) groups is 1. The number of halogens is 1. The van der Waals surface area contributed by atoms with Gasteiger partial charge in [0.25, 0.3) is 0 Å². The molecule has 0 fully saturated rings. The Kier molecular flexibility index (Phi) is 4.60. The van der Waals surface area contributed by atoms with Crippen LogP contribution in [-0.4, -0.2) is 25.7 Å². The van der Waals surface area contributed by atoms with Crippen molar-refractivity contribution in [1.82, 2.24) is 0 Å². The van der Waals surface area contributed by atoms with Crippen LogP contribution in [0.15, 0.2) is 29.2 Å². The van der Waals surface area contributed by atoms with E-state index in [1.807, 2.05) is 6.92 Å². The third-order valence-corrected chi connectivity index (χ3v) is 4.76. The zero-order valence-corrected chi connectivity index (χ0v) is 10.1. The average Bonchev–Trinajstić information content (AvgIpc) is 2.18. The SMILES string of the molecule is CCSCCS(=O)(=O)c1ccc(F)cc1. The maximum absolute atomic E-state index is 12.6. The van der Waals surface area contributed by atoms with Crippen molar-refractivity contribution in [3.05, 3.63) is 30.1 Å². The van der Waals surface area contributed by atoms with E-state index in [1.165, 1.54) is 24.3 Å².